The molecule has 134 valence electrons. The highest BCUT2D eigenvalue weighted by Crippen LogP contribution is 2.20. The van der Waals surface area contributed by atoms with E-state index in [4.69, 9.17) is 9.47 Å². The summed E-state index contributed by atoms with van der Waals surface area (Å²) in [7, 11) is 0. The number of ether oxygens (including phenoxy) is 2. The summed E-state index contributed by atoms with van der Waals surface area (Å²) in [4.78, 5) is 0. The van der Waals surface area contributed by atoms with E-state index in [1.165, 1.54) is 16.7 Å². The van der Waals surface area contributed by atoms with Crippen LogP contribution in [0.3, 0.4) is 0 Å². The van der Waals surface area contributed by atoms with E-state index in [0.29, 0.717) is 19.3 Å². The van der Waals surface area contributed by atoms with Crippen molar-refractivity contribution in [3.63, 3.8) is 0 Å². The summed E-state index contributed by atoms with van der Waals surface area (Å²) in [5, 5.41) is 11.9. The molecule has 1 aromatic rings. The Balaban J connectivity index is 1.99. The molecular formula is C19H30N2O3. The van der Waals surface area contributed by atoms with Crippen LogP contribution in [0, 0.1) is 12.1 Å². The number of hydrogen-bond donors (Lipinski definition) is 2. The lowest BCUT2D eigenvalue weighted by Gasteiger charge is -2.26. The molecule has 0 radical (unpaired) electrons. The Bertz CT molecular complexity index is 556. The summed E-state index contributed by atoms with van der Waals surface area (Å²) in [5.41, 5.74) is 7.69. The second-order valence-electron chi connectivity index (χ2n) is 6.45. The first kappa shape index (κ1) is 18.9. The Labute approximate surface area is 145 Å². The van der Waals surface area contributed by atoms with Crippen molar-refractivity contribution in [3.8, 4) is 0 Å². The summed E-state index contributed by atoms with van der Waals surface area (Å²) in [6, 6.07) is 4.41. The second kappa shape index (κ2) is 9.18. The molecule has 3 atom stereocenters. The molecule has 2 rings (SSSR count). The molecule has 5 nitrogen and oxygen atoms in total. The van der Waals surface area contributed by atoms with Crippen LogP contribution in [-0.4, -0.2) is 25.4 Å². The van der Waals surface area contributed by atoms with Crippen LogP contribution in [0.5, 0.6) is 0 Å². The van der Waals surface area contributed by atoms with Gasteiger partial charge in [0.2, 0.25) is 0 Å². The number of rotatable bonds is 10. The van der Waals surface area contributed by atoms with Crippen LogP contribution in [0.15, 0.2) is 18.3 Å². The fourth-order valence-electron chi connectivity index (χ4n) is 2.45. The van der Waals surface area contributed by atoms with Gasteiger partial charge in [-0.1, -0.05) is 26.0 Å². The first-order valence-corrected chi connectivity index (χ1v) is 8.83. The van der Waals surface area contributed by atoms with Crippen molar-refractivity contribution in [3.05, 3.63) is 45.8 Å². The van der Waals surface area contributed by atoms with Gasteiger partial charge in [0.1, 0.15) is 12.1 Å². The maximum Gasteiger partial charge on any atom is 0.106 e. The minimum absolute atomic E-state index is 0.0389. The smallest absolute Gasteiger partial charge is 0.106 e. The number of epoxide rings is 1. The lowest BCUT2D eigenvalue weighted by molar-refractivity contribution is -0.913. The Morgan fingerprint density at radius 1 is 1.42 bits per heavy atom. The minimum atomic E-state index is 0.0389. The maximum atomic E-state index is 11.8. The van der Waals surface area contributed by atoms with Crippen LogP contribution in [0.1, 0.15) is 49.4 Å². The molecule has 1 saturated heterocycles. The topological polar surface area (TPSA) is 61.3 Å². The molecule has 0 aromatic heterocycles. The van der Waals surface area contributed by atoms with Crippen LogP contribution in [0.25, 0.3) is 6.08 Å². The predicted octanol–water partition coefficient (Wildman–Crippen LogP) is 2.13. The number of benzene rings is 1. The molecule has 1 aromatic carbocycles. The van der Waals surface area contributed by atoms with Gasteiger partial charge in [-0.25, -0.2) is 5.43 Å². The highest BCUT2D eigenvalue weighted by molar-refractivity contribution is 5.56. The number of hydrogen-bond acceptors (Lipinski definition) is 4. The van der Waals surface area contributed by atoms with Crippen molar-refractivity contribution in [2.24, 2.45) is 0 Å². The van der Waals surface area contributed by atoms with Crippen molar-refractivity contribution in [2.75, 3.05) is 13.2 Å². The lowest BCUT2D eigenvalue weighted by Crippen LogP contribution is -3.16. The highest BCUT2D eigenvalue weighted by Gasteiger charge is 2.22. The molecule has 1 aliphatic rings. The molecule has 0 amide bonds. The summed E-state index contributed by atoms with van der Waals surface area (Å²) < 4.78 is 10.9. The van der Waals surface area contributed by atoms with E-state index < -0.39 is 0 Å². The first-order valence-electron chi connectivity index (χ1n) is 8.83. The monoisotopic (exact) mass is 334 g/mol. The van der Waals surface area contributed by atoms with Gasteiger partial charge in [-0.15, -0.1) is 0 Å². The second-order valence-corrected chi connectivity index (χ2v) is 6.45. The molecule has 2 N–H and O–H groups in total. The fraction of sp³-hybridized carbons (Fsp3) is 0.579. The Hall–Kier alpha value is -1.40. The van der Waals surface area contributed by atoms with E-state index in [9.17, 15) is 5.21 Å². The molecule has 24 heavy (non-hydrogen) atoms. The lowest BCUT2D eigenvalue weighted by atomic mass is 9.98. The van der Waals surface area contributed by atoms with Crippen molar-refractivity contribution in [2.45, 2.75) is 59.3 Å². The summed E-state index contributed by atoms with van der Waals surface area (Å²) in [6.45, 7) is 10.3. The van der Waals surface area contributed by atoms with Gasteiger partial charge in [0.15, 0.2) is 0 Å². The summed E-state index contributed by atoms with van der Waals surface area (Å²) >= 11 is 0. The predicted molar refractivity (Wildman–Crippen MR) is 96.2 cm³/mol. The average Bonchev–Trinajstić information content (AvgIpc) is 3.40. The van der Waals surface area contributed by atoms with Gasteiger partial charge < -0.3 is 14.7 Å². The van der Waals surface area contributed by atoms with Crippen LogP contribution >= 0.6 is 0 Å². The molecule has 0 aliphatic carbocycles. The third-order valence-electron chi connectivity index (χ3n) is 4.49. The van der Waals surface area contributed by atoms with Crippen molar-refractivity contribution >= 4 is 6.08 Å². The zero-order chi connectivity index (χ0) is 17.5. The first-order chi connectivity index (χ1) is 11.5. The van der Waals surface area contributed by atoms with E-state index in [1.54, 1.807) is 6.20 Å². The summed E-state index contributed by atoms with van der Waals surface area (Å²) in [5.74, 6) is 0. The third kappa shape index (κ3) is 5.60. The molecule has 1 fully saturated rings. The largest absolute Gasteiger partial charge is 0.608 e. The minimum Gasteiger partial charge on any atom is -0.608 e. The van der Waals surface area contributed by atoms with Crippen LogP contribution in [0.4, 0.5) is 0 Å². The molecule has 1 heterocycles. The van der Waals surface area contributed by atoms with Gasteiger partial charge >= 0.3 is 0 Å². The van der Waals surface area contributed by atoms with Crippen molar-refractivity contribution in [1.29, 1.82) is 0 Å². The van der Waals surface area contributed by atoms with E-state index in [1.807, 2.05) is 19.9 Å². The van der Waals surface area contributed by atoms with E-state index in [2.05, 4.69) is 31.4 Å². The molecule has 0 spiro atoms. The number of nitrogens with one attached hydrogen (secondary N) is 2. The Morgan fingerprint density at radius 3 is 2.79 bits per heavy atom. The third-order valence-corrected chi connectivity index (χ3v) is 4.49. The highest BCUT2D eigenvalue weighted by atomic mass is 16.6. The van der Waals surface area contributed by atoms with Gasteiger partial charge in [0, 0.05) is 6.20 Å². The van der Waals surface area contributed by atoms with Gasteiger partial charge in [-0.3, -0.25) is 5.17 Å². The van der Waals surface area contributed by atoms with Crippen molar-refractivity contribution in [1.82, 2.24) is 5.43 Å². The molecule has 3 unspecified atom stereocenters. The van der Waals surface area contributed by atoms with Crippen molar-refractivity contribution < 1.29 is 14.6 Å². The SMILES string of the molecule is CCc1cc(COCC2CO2)c(C)cc1/C=C/N[NH+]([O-])C(C)CC. The Morgan fingerprint density at radius 2 is 2.17 bits per heavy atom. The average molecular weight is 334 g/mol. The standard InChI is InChI=1S/C19H30N2O3/c1-5-15(4)21(22)20-8-7-17-9-14(3)18(10-16(17)6-2)11-23-12-19-13-24-19/h7-10,15,19-21H,5-6,11-13H2,1-4H3/b8-7+. The van der Waals surface area contributed by atoms with Crippen LogP contribution in [-0.2, 0) is 22.5 Å². The van der Waals surface area contributed by atoms with E-state index >= 15 is 0 Å². The molecule has 5 heteroatoms. The summed E-state index contributed by atoms with van der Waals surface area (Å²) in [6.07, 6.45) is 5.82. The molecule has 0 saturated carbocycles. The van der Waals surface area contributed by atoms with Gasteiger partial charge in [0.25, 0.3) is 0 Å². The maximum absolute atomic E-state index is 11.8. The molecular weight excluding hydrogens is 304 g/mol. The number of quaternary nitrogens is 1. The zero-order valence-electron chi connectivity index (χ0n) is 15.2. The van der Waals surface area contributed by atoms with Gasteiger partial charge in [-0.2, -0.15) is 0 Å². The van der Waals surface area contributed by atoms with E-state index in [0.717, 1.165) is 25.0 Å². The number of aryl methyl sites for hydroxylation is 2. The fourth-order valence-corrected chi connectivity index (χ4v) is 2.45. The van der Waals surface area contributed by atoms with Gasteiger partial charge in [0.05, 0.1) is 19.8 Å². The quantitative estimate of drug-likeness (QED) is 0.508. The van der Waals surface area contributed by atoms with Crippen LogP contribution < -0.4 is 10.6 Å². The molecule has 0 bridgehead atoms. The van der Waals surface area contributed by atoms with Crippen LogP contribution in [0.2, 0.25) is 0 Å². The normalized spacial score (nSPS) is 19.5. The zero-order valence-corrected chi connectivity index (χ0v) is 15.2. The van der Waals surface area contributed by atoms with Gasteiger partial charge in [-0.05, 0) is 55.0 Å². The Kier molecular flexibility index (Phi) is 7.24. The number of hydroxylamine groups is 1. The van der Waals surface area contributed by atoms with E-state index in [-0.39, 0.29) is 11.2 Å². The molecule has 1 aliphatic heterocycles.